The molecular weight excluding hydrogens is 370 g/mol. The Labute approximate surface area is 159 Å². The molecule has 0 spiro atoms. The van der Waals surface area contributed by atoms with Gasteiger partial charge >= 0.3 is 6.03 Å². The molecule has 2 N–H and O–H groups in total. The van der Waals surface area contributed by atoms with Crippen LogP contribution in [0.25, 0.3) is 0 Å². The van der Waals surface area contributed by atoms with Gasteiger partial charge in [0.1, 0.15) is 29.4 Å². The highest BCUT2D eigenvalue weighted by Gasteiger charge is 2.19. The second-order valence-electron chi connectivity index (χ2n) is 5.79. The molecule has 0 aromatic heterocycles. The number of anilines is 1. The van der Waals surface area contributed by atoms with Gasteiger partial charge in [-0.15, -0.1) is 0 Å². The van der Waals surface area contributed by atoms with Crippen molar-refractivity contribution in [3.05, 3.63) is 65.2 Å². The quantitative estimate of drug-likeness (QED) is 0.605. The number of hydrogen-bond acceptors (Lipinski definition) is 5. The molecule has 0 saturated heterocycles. The van der Waals surface area contributed by atoms with E-state index in [1.165, 1.54) is 24.3 Å². The molecule has 2 aromatic carbocycles. The van der Waals surface area contributed by atoms with Gasteiger partial charge < -0.3 is 10.2 Å². The first-order valence-electron chi connectivity index (χ1n) is 8.12. The van der Waals surface area contributed by atoms with Crippen LogP contribution in [0.2, 0.25) is 0 Å². The summed E-state index contributed by atoms with van der Waals surface area (Å²) in [4.78, 5) is 28.8. The molecule has 0 atom stereocenters. The predicted molar refractivity (Wildman–Crippen MR) is 97.7 cm³/mol. The zero-order valence-corrected chi connectivity index (χ0v) is 15.0. The zero-order chi connectivity index (χ0) is 20.7. The SMILES string of the molecule is CC(C)O/N=C(\C#N)c1ccc(NC(=O)NC(=O)c2c(F)cccc2F)cc1. The summed E-state index contributed by atoms with van der Waals surface area (Å²) in [5.74, 6) is -3.38. The van der Waals surface area contributed by atoms with Gasteiger partial charge in [0.05, 0.1) is 0 Å². The number of carbonyl (C=O) groups is 2. The van der Waals surface area contributed by atoms with Gasteiger partial charge in [-0.3, -0.25) is 10.1 Å². The highest BCUT2D eigenvalue weighted by molar-refractivity contribution is 6.12. The number of nitriles is 1. The van der Waals surface area contributed by atoms with E-state index in [0.29, 0.717) is 5.56 Å². The van der Waals surface area contributed by atoms with Gasteiger partial charge in [0.25, 0.3) is 5.91 Å². The fourth-order valence-corrected chi connectivity index (χ4v) is 2.05. The molecule has 0 aliphatic carbocycles. The molecule has 3 amide bonds. The zero-order valence-electron chi connectivity index (χ0n) is 15.0. The highest BCUT2D eigenvalue weighted by Crippen LogP contribution is 2.13. The molecule has 144 valence electrons. The van der Waals surface area contributed by atoms with E-state index in [9.17, 15) is 18.4 Å². The van der Waals surface area contributed by atoms with Crippen molar-refractivity contribution in [2.45, 2.75) is 20.0 Å². The van der Waals surface area contributed by atoms with Gasteiger partial charge in [-0.1, -0.05) is 11.2 Å². The molecule has 0 saturated carbocycles. The second-order valence-corrected chi connectivity index (χ2v) is 5.79. The molecule has 0 radical (unpaired) electrons. The Morgan fingerprint density at radius 3 is 2.25 bits per heavy atom. The summed E-state index contributed by atoms with van der Waals surface area (Å²) in [6.45, 7) is 3.52. The van der Waals surface area contributed by atoms with Crippen LogP contribution in [0.4, 0.5) is 19.3 Å². The van der Waals surface area contributed by atoms with Crippen LogP contribution < -0.4 is 10.6 Å². The molecule has 2 aromatic rings. The van der Waals surface area contributed by atoms with E-state index in [2.05, 4.69) is 10.5 Å². The first-order valence-corrected chi connectivity index (χ1v) is 8.12. The number of amides is 3. The molecule has 0 aliphatic heterocycles. The van der Waals surface area contributed by atoms with Crippen LogP contribution in [0, 0.1) is 23.0 Å². The lowest BCUT2D eigenvalue weighted by Crippen LogP contribution is -2.35. The summed E-state index contributed by atoms with van der Waals surface area (Å²) in [7, 11) is 0. The van der Waals surface area contributed by atoms with E-state index < -0.39 is 29.1 Å². The summed E-state index contributed by atoms with van der Waals surface area (Å²) in [5, 5.41) is 17.0. The van der Waals surface area contributed by atoms with Gasteiger partial charge in [0.2, 0.25) is 0 Å². The number of benzene rings is 2. The minimum absolute atomic E-state index is 0.0508. The van der Waals surface area contributed by atoms with Crippen LogP contribution >= 0.6 is 0 Å². The number of nitrogens with zero attached hydrogens (tertiary/aromatic N) is 2. The van der Waals surface area contributed by atoms with Crippen molar-refractivity contribution in [3.63, 3.8) is 0 Å². The molecule has 0 unspecified atom stereocenters. The van der Waals surface area contributed by atoms with Gasteiger partial charge in [-0.25, -0.2) is 13.6 Å². The van der Waals surface area contributed by atoms with Gasteiger partial charge in [0, 0.05) is 11.3 Å². The minimum atomic E-state index is -1.21. The second kappa shape index (κ2) is 9.23. The van der Waals surface area contributed by atoms with Gasteiger partial charge in [-0.05, 0) is 50.2 Å². The number of rotatable bonds is 5. The van der Waals surface area contributed by atoms with Crippen molar-refractivity contribution >= 4 is 23.3 Å². The van der Waals surface area contributed by atoms with E-state index in [1.807, 2.05) is 11.4 Å². The van der Waals surface area contributed by atoms with Crippen molar-refractivity contribution in [1.82, 2.24) is 5.32 Å². The first kappa shape index (κ1) is 20.5. The third kappa shape index (κ3) is 5.35. The number of urea groups is 1. The average molecular weight is 386 g/mol. The summed E-state index contributed by atoms with van der Waals surface area (Å²) >= 11 is 0. The third-order valence-corrected chi connectivity index (χ3v) is 3.29. The van der Waals surface area contributed by atoms with Crippen LogP contribution in [0.3, 0.4) is 0 Å². The van der Waals surface area contributed by atoms with Crippen LogP contribution in [0.5, 0.6) is 0 Å². The minimum Gasteiger partial charge on any atom is -0.392 e. The molecule has 0 heterocycles. The van der Waals surface area contributed by atoms with Crippen LogP contribution in [-0.4, -0.2) is 23.8 Å². The molecular formula is C19H16F2N4O3. The molecule has 28 heavy (non-hydrogen) atoms. The predicted octanol–water partition coefficient (Wildman–Crippen LogP) is 3.58. The number of halogens is 2. The Kier molecular flexibility index (Phi) is 6.76. The largest absolute Gasteiger partial charge is 0.392 e. The van der Waals surface area contributed by atoms with Crippen molar-refractivity contribution in [2.24, 2.45) is 5.16 Å². The van der Waals surface area contributed by atoms with Gasteiger partial charge in [0.15, 0.2) is 5.71 Å². The third-order valence-electron chi connectivity index (χ3n) is 3.29. The Balaban J connectivity index is 2.04. The standard InChI is InChI=1S/C19H16F2N4O3/c1-11(2)28-25-16(10-22)12-6-8-13(9-7-12)23-19(27)24-18(26)17-14(20)4-3-5-15(17)21/h3-9,11H,1-2H3,(H2,23,24,26,27)/b25-16+. The molecule has 0 bridgehead atoms. The number of carbonyl (C=O) groups excluding carboxylic acids is 2. The smallest absolute Gasteiger partial charge is 0.326 e. The lowest BCUT2D eigenvalue weighted by molar-refractivity contribution is 0.0865. The van der Waals surface area contributed by atoms with E-state index in [-0.39, 0.29) is 17.5 Å². The number of imide groups is 1. The van der Waals surface area contributed by atoms with Crippen molar-refractivity contribution in [2.75, 3.05) is 5.32 Å². The molecule has 2 rings (SSSR count). The number of hydrogen-bond donors (Lipinski definition) is 2. The van der Waals surface area contributed by atoms with Crippen LogP contribution in [0.15, 0.2) is 47.6 Å². The van der Waals surface area contributed by atoms with Gasteiger partial charge in [-0.2, -0.15) is 5.26 Å². The monoisotopic (exact) mass is 386 g/mol. The first-order chi connectivity index (χ1) is 13.3. The van der Waals surface area contributed by atoms with E-state index in [4.69, 9.17) is 10.1 Å². The summed E-state index contributed by atoms with van der Waals surface area (Å²) in [5.41, 5.74) is -0.0633. The van der Waals surface area contributed by atoms with E-state index in [0.717, 1.165) is 18.2 Å². The fraction of sp³-hybridized carbons (Fsp3) is 0.158. The molecule has 0 aliphatic rings. The maximum absolute atomic E-state index is 13.6. The lowest BCUT2D eigenvalue weighted by Gasteiger charge is -2.08. The van der Waals surface area contributed by atoms with Crippen LogP contribution in [0.1, 0.15) is 29.8 Å². The summed E-state index contributed by atoms with van der Waals surface area (Å²) in [6, 6.07) is 9.80. The number of oxime groups is 1. The topological polar surface area (TPSA) is 104 Å². The van der Waals surface area contributed by atoms with Crippen molar-refractivity contribution in [1.29, 1.82) is 5.26 Å². The average Bonchev–Trinajstić information content (AvgIpc) is 2.63. The van der Waals surface area contributed by atoms with E-state index in [1.54, 1.807) is 13.8 Å². The van der Waals surface area contributed by atoms with Crippen molar-refractivity contribution < 1.29 is 23.2 Å². The van der Waals surface area contributed by atoms with Crippen molar-refractivity contribution in [3.8, 4) is 6.07 Å². The highest BCUT2D eigenvalue weighted by atomic mass is 19.1. The maximum atomic E-state index is 13.6. The maximum Gasteiger partial charge on any atom is 0.326 e. The Morgan fingerprint density at radius 2 is 1.71 bits per heavy atom. The molecule has 9 heteroatoms. The Bertz CT molecular complexity index is 930. The lowest BCUT2D eigenvalue weighted by atomic mass is 10.1. The molecule has 7 nitrogen and oxygen atoms in total. The fourth-order valence-electron chi connectivity index (χ4n) is 2.05. The Hall–Kier alpha value is -3.80. The van der Waals surface area contributed by atoms with Crippen LogP contribution in [-0.2, 0) is 4.84 Å². The number of nitrogens with one attached hydrogen (secondary N) is 2. The molecule has 0 fully saturated rings. The Morgan fingerprint density at radius 1 is 1.11 bits per heavy atom. The van der Waals surface area contributed by atoms with E-state index >= 15 is 0 Å². The normalized spacial score (nSPS) is 10.9. The summed E-state index contributed by atoms with van der Waals surface area (Å²) in [6.07, 6.45) is -0.190. The summed E-state index contributed by atoms with van der Waals surface area (Å²) < 4.78 is 27.1.